The van der Waals surface area contributed by atoms with Crippen LogP contribution < -0.4 is 9.47 Å². The molecule has 0 aliphatic heterocycles. The molecule has 0 aliphatic carbocycles. The molecule has 2 aromatic rings. The van der Waals surface area contributed by atoms with E-state index in [0.717, 1.165) is 5.56 Å². The number of ether oxygens (including phenoxy) is 3. The van der Waals surface area contributed by atoms with E-state index in [-0.39, 0.29) is 19.0 Å². The van der Waals surface area contributed by atoms with E-state index in [1.165, 1.54) is 6.08 Å². The number of carbonyl (C=O) groups excluding carboxylic acids is 2. The zero-order valence-corrected chi connectivity index (χ0v) is 15.1. The highest BCUT2D eigenvalue weighted by Crippen LogP contribution is 2.22. The molecule has 0 saturated heterocycles. The third-order valence-electron chi connectivity index (χ3n) is 3.57. The van der Waals surface area contributed by atoms with Gasteiger partial charge in [0.05, 0.1) is 5.56 Å². The van der Waals surface area contributed by atoms with Crippen LogP contribution >= 0.6 is 0 Å². The first-order valence-electron chi connectivity index (χ1n) is 8.54. The van der Waals surface area contributed by atoms with Crippen LogP contribution in [-0.2, 0) is 16.0 Å². The van der Waals surface area contributed by atoms with Crippen LogP contribution in [0.2, 0.25) is 0 Å². The van der Waals surface area contributed by atoms with Crippen molar-refractivity contribution in [2.45, 2.75) is 12.8 Å². The molecule has 27 heavy (non-hydrogen) atoms. The molecular weight excluding hydrogens is 344 g/mol. The number of esters is 2. The van der Waals surface area contributed by atoms with Gasteiger partial charge < -0.3 is 14.2 Å². The summed E-state index contributed by atoms with van der Waals surface area (Å²) in [5.74, 6) is 0.142. The van der Waals surface area contributed by atoms with Crippen LogP contribution in [0.4, 0.5) is 0 Å². The number of para-hydroxylation sites is 1. The fraction of sp³-hybridized carbons (Fsp3) is 0.182. The molecule has 0 aromatic heterocycles. The molecule has 0 spiro atoms. The third-order valence-corrected chi connectivity index (χ3v) is 3.57. The van der Waals surface area contributed by atoms with Crippen molar-refractivity contribution >= 4 is 11.9 Å². The van der Waals surface area contributed by atoms with Crippen molar-refractivity contribution in [2.24, 2.45) is 0 Å². The highest BCUT2D eigenvalue weighted by Gasteiger charge is 2.13. The average molecular weight is 366 g/mol. The molecule has 2 rings (SSSR count). The summed E-state index contributed by atoms with van der Waals surface area (Å²) in [5.41, 5.74) is 1.12. The van der Waals surface area contributed by atoms with Gasteiger partial charge in [-0.05, 0) is 36.2 Å². The fourth-order valence-electron chi connectivity index (χ4n) is 2.30. The van der Waals surface area contributed by atoms with Gasteiger partial charge in [0.15, 0.2) is 0 Å². The molecule has 0 bridgehead atoms. The Bertz CT molecular complexity index is 810. The lowest BCUT2D eigenvalue weighted by Gasteiger charge is -2.11. The summed E-state index contributed by atoms with van der Waals surface area (Å²) in [6.45, 7) is 7.62. The normalized spacial score (nSPS) is 9.93. The molecule has 5 heteroatoms. The summed E-state index contributed by atoms with van der Waals surface area (Å²) in [5, 5.41) is 0. The average Bonchev–Trinajstić information content (AvgIpc) is 2.70. The SMILES string of the molecule is C=CCOC(=O)CCc1ccccc1OC(=O)c1cccc(OCC=C)c1. The number of aryl methyl sites for hydroxylation is 1. The summed E-state index contributed by atoms with van der Waals surface area (Å²) in [6.07, 6.45) is 3.73. The van der Waals surface area contributed by atoms with Gasteiger partial charge in [-0.3, -0.25) is 4.79 Å². The van der Waals surface area contributed by atoms with Crippen molar-refractivity contribution in [1.29, 1.82) is 0 Å². The van der Waals surface area contributed by atoms with Crippen LogP contribution in [0.5, 0.6) is 11.5 Å². The monoisotopic (exact) mass is 366 g/mol. The minimum absolute atomic E-state index is 0.180. The second-order valence-corrected chi connectivity index (χ2v) is 5.60. The zero-order chi connectivity index (χ0) is 19.5. The molecule has 0 amide bonds. The maximum atomic E-state index is 12.5. The first kappa shape index (κ1) is 20.0. The number of benzene rings is 2. The molecule has 140 valence electrons. The molecule has 0 atom stereocenters. The largest absolute Gasteiger partial charge is 0.490 e. The fourth-order valence-corrected chi connectivity index (χ4v) is 2.30. The Labute approximate surface area is 158 Å². The standard InChI is InChI=1S/C22H22O5/c1-3-14-25-19-10-7-9-18(16-19)22(24)27-20-11-6-5-8-17(20)12-13-21(23)26-15-4-2/h3-11,16H,1-2,12-15H2. The molecule has 0 radical (unpaired) electrons. The summed E-state index contributed by atoms with van der Waals surface area (Å²) in [7, 11) is 0. The van der Waals surface area contributed by atoms with Crippen molar-refractivity contribution < 1.29 is 23.8 Å². The van der Waals surface area contributed by atoms with Crippen LogP contribution in [-0.4, -0.2) is 25.2 Å². The Morgan fingerprint density at radius 3 is 2.52 bits per heavy atom. The third kappa shape index (κ3) is 6.47. The van der Waals surface area contributed by atoms with Crippen LogP contribution in [0, 0.1) is 0 Å². The lowest BCUT2D eigenvalue weighted by atomic mass is 10.1. The maximum Gasteiger partial charge on any atom is 0.343 e. The van der Waals surface area contributed by atoms with Crippen molar-refractivity contribution in [3.63, 3.8) is 0 Å². The molecule has 2 aromatic carbocycles. The van der Waals surface area contributed by atoms with E-state index in [0.29, 0.717) is 30.1 Å². The van der Waals surface area contributed by atoms with Crippen LogP contribution in [0.3, 0.4) is 0 Å². The van der Waals surface area contributed by atoms with E-state index in [1.54, 1.807) is 42.5 Å². The van der Waals surface area contributed by atoms with E-state index in [4.69, 9.17) is 14.2 Å². The Balaban J connectivity index is 2.04. The number of rotatable bonds is 10. The second kappa shape index (κ2) is 10.6. The minimum Gasteiger partial charge on any atom is -0.490 e. The van der Waals surface area contributed by atoms with Gasteiger partial charge in [-0.1, -0.05) is 49.6 Å². The van der Waals surface area contributed by atoms with Gasteiger partial charge in [0.25, 0.3) is 0 Å². The topological polar surface area (TPSA) is 61.8 Å². The number of carbonyl (C=O) groups is 2. The molecule has 0 saturated carbocycles. The van der Waals surface area contributed by atoms with Gasteiger partial charge in [0.1, 0.15) is 24.7 Å². The van der Waals surface area contributed by atoms with Crippen LogP contribution in [0.25, 0.3) is 0 Å². The first-order valence-corrected chi connectivity index (χ1v) is 8.54. The van der Waals surface area contributed by atoms with Crippen molar-refractivity contribution in [3.8, 4) is 11.5 Å². The smallest absolute Gasteiger partial charge is 0.343 e. The lowest BCUT2D eigenvalue weighted by molar-refractivity contribution is -0.142. The van der Waals surface area contributed by atoms with Gasteiger partial charge in [-0.25, -0.2) is 4.79 Å². The van der Waals surface area contributed by atoms with E-state index in [1.807, 2.05) is 12.1 Å². The number of hydrogen-bond acceptors (Lipinski definition) is 5. The van der Waals surface area contributed by atoms with E-state index in [9.17, 15) is 9.59 Å². The van der Waals surface area contributed by atoms with Gasteiger partial charge >= 0.3 is 11.9 Å². The predicted octanol–water partition coefficient (Wildman–Crippen LogP) is 4.13. The van der Waals surface area contributed by atoms with Gasteiger partial charge in [-0.2, -0.15) is 0 Å². The Morgan fingerprint density at radius 2 is 1.74 bits per heavy atom. The molecule has 5 nitrogen and oxygen atoms in total. The van der Waals surface area contributed by atoms with Gasteiger partial charge in [0, 0.05) is 6.42 Å². The molecule has 0 heterocycles. The Hall–Kier alpha value is -3.34. The van der Waals surface area contributed by atoms with Crippen LogP contribution in [0.1, 0.15) is 22.3 Å². The first-order chi connectivity index (χ1) is 13.1. The lowest BCUT2D eigenvalue weighted by Crippen LogP contribution is -2.11. The molecule has 0 unspecified atom stereocenters. The Morgan fingerprint density at radius 1 is 0.963 bits per heavy atom. The molecular formula is C22H22O5. The molecule has 0 fully saturated rings. The summed E-state index contributed by atoms with van der Waals surface area (Å²) in [4.78, 5) is 24.1. The summed E-state index contributed by atoms with van der Waals surface area (Å²) >= 11 is 0. The van der Waals surface area contributed by atoms with Crippen molar-refractivity contribution in [3.05, 3.63) is 85.0 Å². The van der Waals surface area contributed by atoms with E-state index >= 15 is 0 Å². The van der Waals surface area contributed by atoms with Gasteiger partial charge in [-0.15, -0.1) is 0 Å². The number of hydrogen-bond donors (Lipinski definition) is 0. The second-order valence-electron chi connectivity index (χ2n) is 5.60. The molecule has 0 N–H and O–H groups in total. The highest BCUT2D eigenvalue weighted by molar-refractivity contribution is 5.91. The van der Waals surface area contributed by atoms with E-state index in [2.05, 4.69) is 13.2 Å². The quantitative estimate of drug-likeness (QED) is 0.359. The van der Waals surface area contributed by atoms with Gasteiger partial charge in [0.2, 0.25) is 0 Å². The van der Waals surface area contributed by atoms with E-state index < -0.39 is 5.97 Å². The minimum atomic E-state index is -0.499. The van der Waals surface area contributed by atoms with Crippen molar-refractivity contribution in [1.82, 2.24) is 0 Å². The molecule has 0 aliphatic rings. The maximum absolute atomic E-state index is 12.5. The van der Waals surface area contributed by atoms with Crippen molar-refractivity contribution in [2.75, 3.05) is 13.2 Å². The highest BCUT2D eigenvalue weighted by atomic mass is 16.5. The Kier molecular flexibility index (Phi) is 7.85. The summed E-state index contributed by atoms with van der Waals surface area (Å²) < 4.78 is 15.9. The zero-order valence-electron chi connectivity index (χ0n) is 15.1. The predicted molar refractivity (Wildman–Crippen MR) is 103 cm³/mol. The summed E-state index contributed by atoms with van der Waals surface area (Å²) in [6, 6.07) is 13.8. The van der Waals surface area contributed by atoms with Crippen LogP contribution in [0.15, 0.2) is 73.8 Å².